The summed E-state index contributed by atoms with van der Waals surface area (Å²) in [5, 5.41) is 13.0. The Kier molecular flexibility index (Phi) is 6.68. The fraction of sp³-hybridized carbons (Fsp3) is 0.208. The molecule has 0 saturated heterocycles. The van der Waals surface area contributed by atoms with Crippen LogP contribution in [0.15, 0.2) is 55.1 Å². The van der Waals surface area contributed by atoms with Crippen molar-refractivity contribution >= 4 is 34.2 Å². The second kappa shape index (κ2) is 9.98. The summed E-state index contributed by atoms with van der Waals surface area (Å²) in [7, 11) is 0. The molecule has 3 aromatic rings. The number of nitrogens with one attached hydrogen (secondary N) is 1. The highest BCUT2D eigenvalue weighted by molar-refractivity contribution is 7.16. The first-order valence-electron chi connectivity index (χ1n) is 10.2. The molecular weight excluding hydrogens is 422 g/mol. The average Bonchev–Trinajstić information content (AvgIpc) is 3.18. The minimum atomic E-state index is -0.312. The summed E-state index contributed by atoms with van der Waals surface area (Å²) in [5.41, 5.74) is 3.27. The van der Waals surface area contributed by atoms with Gasteiger partial charge in [0.15, 0.2) is 0 Å². The third-order valence-electron chi connectivity index (χ3n) is 5.22. The maximum Gasteiger partial charge on any atom is 0.249 e. The second-order valence-corrected chi connectivity index (χ2v) is 8.46. The number of rotatable bonds is 6. The normalized spacial score (nSPS) is 12.9. The average molecular weight is 444 g/mol. The first kappa shape index (κ1) is 21.4. The maximum atomic E-state index is 12.7. The molecule has 4 rings (SSSR count). The van der Waals surface area contributed by atoms with Crippen molar-refractivity contribution in [1.82, 2.24) is 14.9 Å². The number of carbonyl (C=O) groups is 2. The molecule has 0 aromatic carbocycles. The van der Waals surface area contributed by atoms with Gasteiger partial charge in [-0.05, 0) is 47.7 Å². The molecule has 0 atom stereocenters. The van der Waals surface area contributed by atoms with Gasteiger partial charge in [-0.15, -0.1) is 11.3 Å². The summed E-state index contributed by atoms with van der Waals surface area (Å²) in [6.45, 7) is 1.03. The molecule has 0 bridgehead atoms. The van der Waals surface area contributed by atoms with E-state index in [1.54, 1.807) is 36.9 Å². The number of thiophene rings is 1. The monoisotopic (exact) mass is 443 g/mol. The summed E-state index contributed by atoms with van der Waals surface area (Å²) in [5.74, 6) is -0.232. The van der Waals surface area contributed by atoms with Gasteiger partial charge < -0.3 is 10.2 Å². The van der Waals surface area contributed by atoms with Crippen LogP contribution >= 0.6 is 11.3 Å². The SMILES string of the molecule is N#Cc1c(NC(=O)C=Cc2cccnc2)sc2c1CCN(C(=O)CCc1cccnc1)C2. The van der Waals surface area contributed by atoms with Crippen LogP contribution in [0.3, 0.4) is 0 Å². The Morgan fingerprint density at radius 3 is 2.75 bits per heavy atom. The van der Waals surface area contributed by atoms with Crippen molar-refractivity contribution in [1.29, 1.82) is 5.26 Å². The van der Waals surface area contributed by atoms with E-state index in [4.69, 9.17) is 0 Å². The van der Waals surface area contributed by atoms with Gasteiger partial charge in [-0.25, -0.2) is 0 Å². The standard InChI is InChI=1S/C24H21N5O2S/c25-13-20-19-9-12-29(23(31)8-6-18-4-2-11-27-15-18)16-21(19)32-24(20)28-22(30)7-5-17-3-1-10-26-14-17/h1-5,7,10-11,14-15H,6,8-9,12,16H2,(H,28,30). The van der Waals surface area contributed by atoms with Crippen molar-refractivity contribution in [3.63, 3.8) is 0 Å². The van der Waals surface area contributed by atoms with E-state index in [0.717, 1.165) is 21.6 Å². The topological polar surface area (TPSA) is 99.0 Å². The van der Waals surface area contributed by atoms with E-state index in [1.165, 1.54) is 17.4 Å². The Bertz CT molecular complexity index is 1180. The number of hydrogen-bond acceptors (Lipinski definition) is 6. The number of aromatic nitrogens is 2. The van der Waals surface area contributed by atoms with Crippen LogP contribution in [-0.2, 0) is 29.0 Å². The van der Waals surface area contributed by atoms with Crippen LogP contribution < -0.4 is 5.32 Å². The van der Waals surface area contributed by atoms with Gasteiger partial charge in [-0.3, -0.25) is 19.6 Å². The quantitative estimate of drug-likeness (QED) is 0.587. The van der Waals surface area contributed by atoms with Crippen LogP contribution in [0.4, 0.5) is 5.00 Å². The minimum Gasteiger partial charge on any atom is -0.337 e. The van der Waals surface area contributed by atoms with Crippen molar-refractivity contribution in [3.8, 4) is 6.07 Å². The summed E-state index contributed by atoms with van der Waals surface area (Å²) in [6.07, 6.45) is 11.6. The Labute approximate surface area is 190 Å². The van der Waals surface area contributed by atoms with E-state index >= 15 is 0 Å². The van der Waals surface area contributed by atoms with E-state index < -0.39 is 0 Å². The number of nitriles is 1. The molecule has 0 fully saturated rings. The number of hydrogen-bond donors (Lipinski definition) is 1. The number of pyridine rings is 2. The number of amides is 2. The molecule has 32 heavy (non-hydrogen) atoms. The van der Waals surface area contributed by atoms with E-state index in [0.29, 0.717) is 42.9 Å². The van der Waals surface area contributed by atoms with Gasteiger partial charge in [-0.2, -0.15) is 5.26 Å². The summed E-state index contributed by atoms with van der Waals surface area (Å²) in [6, 6.07) is 9.70. The van der Waals surface area contributed by atoms with Crippen molar-refractivity contribution in [2.24, 2.45) is 0 Å². The first-order valence-corrected chi connectivity index (χ1v) is 11.1. The molecule has 7 nitrogen and oxygen atoms in total. The molecule has 0 unspecified atom stereocenters. The van der Waals surface area contributed by atoms with E-state index in [2.05, 4.69) is 21.4 Å². The molecule has 1 aliphatic heterocycles. The molecule has 0 radical (unpaired) electrons. The molecule has 8 heteroatoms. The van der Waals surface area contributed by atoms with Crippen LogP contribution in [0.5, 0.6) is 0 Å². The van der Waals surface area contributed by atoms with Gasteiger partial charge in [0, 0.05) is 48.7 Å². The van der Waals surface area contributed by atoms with Gasteiger partial charge in [-0.1, -0.05) is 12.1 Å². The predicted octanol–water partition coefficient (Wildman–Crippen LogP) is 3.58. The highest BCUT2D eigenvalue weighted by atomic mass is 32.1. The van der Waals surface area contributed by atoms with Crippen molar-refractivity contribution in [2.45, 2.75) is 25.8 Å². The number of carbonyl (C=O) groups excluding carboxylic acids is 2. The van der Waals surface area contributed by atoms with E-state index in [-0.39, 0.29) is 11.8 Å². The maximum absolute atomic E-state index is 12.7. The largest absolute Gasteiger partial charge is 0.337 e. The Balaban J connectivity index is 1.41. The molecule has 0 aliphatic carbocycles. The minimum absolute atomic E-state index is 0.0800. The molecule has 2 amide bonds. The number of anilines is 1. The predicted molar refractivity (Wildman–Crippen MR) is 123 cm³/mol. The lowest BCUT2D eigenvalue weighted by Gasteiger charge is -2.27. The van der Waals surface area contributed by atoms with Gasteiger partial charge in [0.1, 0.15) is 11.1 Å². The van der Waals surface area contributed by atoms with Crippen molar-refractivity contribution in [2.75, 3.05) is 11.9 Å². The zero-order valence-electron chi connectivity index (χ0n) is 17.3. The lowest BCUT2D eigenvalue weighted by Crippen LogP contribution is -2.35. The molecule has 0 saturated carbocycles. The van der Waals surface area contributed by atoms with Crippen LogP contribution in [0.25, 0.3) is 6.08 Å². The third-order valence-corrected chi connectivity index (χ3v) is 6.35. The van der Waals surface area contributed by atoms with E-state index in [1.807, 2.05) is 23.1 Å². The zero-order valence-corrected chi connectivity index (χ0v) is 18.1. The molecule has 3 aromatic heterocycles. The van der Waals surface area contributed by atoms with E-state index in [9.17, 15) is 14.9 Å². The van der Waals surface area contributed by atoms with Gasteiger partial charge in [0.2, 0.25) is 11.8 Å². The third kappa shape index (κ3) is 5.07. The molecule has 0 spiro atoms. The van der Waals surface area contributed by atoms with Crippen LogP contribution in [0.2, 0.25) is 0 Å². The summed E-state index contributed by atoms with van der Waals surface area (Å²) < 4.78 is 0. The van der Waals surface area contributed by atoms with Crippen molar-refractivity contribution in [3.05, 3.63) is 82.3 Å². The van der Waals surface area contributed by atoms with Crippen LogP contribution in [-0.4, -0.2) is 33.2 Å². The molecule has 160 valence electrons. The number of nitrogens with zero attached hydrogens (tertiary/aromatic N) is 4. The van der Waals surface area contributed by atoms with Crippen LogP contribution in [0, 0.1) is 11.3 Å². The summed E-state index contributed by atoms with van der Waals surface area (Å²) >= 11 is 1.37. The second-order valence-electron chi connectivity index (χ2n) is 7.36. The molecular formula is C24H21N5O2S. The van der Waals surface area contributed by atoms with Gasteiger partial charge in [0.05, 0.1) is 12.1 Å². The lowest BCUT2D eigenvalue weighted by atomic mass is 10.0. The lowest BCUT2D eigenvalue weighted by molar-refractivity contribution is -0.132. The van der Waals surface area contributed by atoms with Gasteiger partial charge >= 0.3 is 0 Å². The Hall–Kier alpha value is -3.83. The first-order chi connectivity index (χ1) is 15.6. The fourth-order valence-corrected chi connectivity index (χ4v) is 4.79. The fourth-order valence-electron chi connectivity index (χ4n) is 3.58. The van der Waals surface area contributed by atoms with Gasteiger partial charge in [0.25, 0.3) is 0 Å². The highest BCUT2D eigenvalue weighted by Gasteiger charge is 2.27. The zero-order chi connectivity index (χ0) is 22.3. The Morgan fingerprint density at radius 1 is 1.22 bits per heavy atom. The van der Waals surface area contributed by atoms with Crippen LogP contribution in [0.1, 0.15) is 33.6 Å². The smallest absolute Gasteiger partial charge is 0.249 e. The summed E-state index contributed by atoms with van der Waals surface area (Å²) in [4.78, 5) is 35.9. The molecule has 1 aliphatic rings. The Morgan fingerprint density at radius 2 is 2.03 bits per heavy atom. The number of fused-ring (bicyclic) bond motifs is 1. The number of aryl methyl sites for hydroxylation is 1. The highest BCUT2D eigenvalue weighted by Crippen LogP contribution is 2.36. The van der Waals surface area contributed by atoms with Crippen molar-refractivity contribution < 1.29 is 9.59 Å². The molecule has 4 heterocycles. The molecule has 1 N–H and O–H groups in total.